The Morgan fingerprint density at radius 1 is 1.00 bits per heavy atom. The van der Waals surface area contributed by atoms with E-state index in [0.717, 1.165) is 27.7 Å². The first-order valence-electron chi connectivity index (χ1n) is 13.1. The number of aliphatic carboxylic acids is 2. The number of carbonyl (C=O) groups is 3. The number of H-pyrrole nitrogens is 1. The van der Waals surface area contributed by atoms with Crippen LogP contribution >= 0.6 is 11.6 Å². The van der Waals surface area contributed by atoms with Gasteiger partial charge in [-0.1, -0.05) is 11.6 Å². The van der Waals surface area contributed by atoms with E-state index in [1.165, 1.54) is 13.4 Å². The predicted molar refractivity (Wildman–Crippen MR) is 154 cm³/mol. The molecular formula is C26H25ClF6N8O6. The number of pyridine rings is 1. The van der Waals surface area contributed by atoms with Gasteiger partial charge in [0.25, 0.3) is 0 Å². The number of hydrogen-bond acceptors (Lipinski definition) is 10. The summed E-state index contributed by atoms with van der Waals surface area (Å²) in [5.74, 6) is -4.86. The zero-order valence-electron chi connectivity index (χ0n) is 24.2. The zero-order valence-corrected chi connectivity index (χ0v) is 25.0. The van der Waals surface area contributed by atoms with Crippen LogP contribution in [0.1, 0.15) is 18.5 Å². The van der Waals surface area contributed by atoms with Crippen LogP contribution in [0.25, 0.3) is 22.1 Å². The number of rotatable bonds is 4. The van der Waals surface area contributed by atoms with Gasteiger partial charge in [-0.05, 0) is 25.1 Å². The maximum Gasteiger partial charge on any atom is 0.490 e. The van der Waals surface area contributed by atoms with Gasteiger partial charge in [-0.2, -0.15) is 26.3 Å². The topological polar surface area (TPSA) is 187 Å². The summed E-state index contributed by atoms with van der Waals surface area (Å²) in [5.41, 5.74) is 4.15. The first-order valence-corrected chi connectivity index (χ1v) is 13.5. The number of hydrogen-bond donors (Lipinski definition) is 4. The van der Waals surface area contributed by atoms with Crippen LogP contribution in [0.4, 0.5) is 42.6 Å². The normalized spacial score (nSPS) is 14.0. The second kappa shape index (κ2) is 15.0. The number of amides is 1. The molecule has 1 unspecified atom stereocenters. The molecule has 1 aliphatic rings. The summed E-state index contributed by atoms with van der Waals surface area (Å²) in [6, 6.07) is 5.68. The van der Waals surface area contributed by atoms with Crippen molar-refractivity contribution in [3.05, 3.63) is 47.6 Å². The fourth-order valence-electron chi connectivity index (χ4n) is 4.27. The van der Waals surface area contributed by atoms with Crippen molar-refractivity contribution in [2.75, 3.05) is 43.5 Å². The number of aromatic amines is 1. The van der Waals surface area contributed by atoms with Crippen molar-refractivity contribution in [1.29, 1.82) is 0 Å². The lowest BCUT2D eigenvalue weighted by Crippen LogP contribution is -2.49. The highest BCUT2D eigenvalue weighted by Crippen LogP contribution is 2.39. The number of carbonyl (C=O) groups excluding carboxylic acids is 1. The summed E-state index contributed by atoms with van der Waals surface area (Å²) < 4.78 is 68.4. The van der Waals surface area contributed by atoms with Crippen molar-refractivity contribution in [2.45, 2.75) is 25.3 Å². The molecule has 4 aromatic rings. The molecule has 1 amide bonds. The Labute approximate surface area is 265 Å². The Balaban J connectivity index is 0.000000360. The molecule has 254 valence electrons. The number of piperazine rings is 1. The number of nitrogens with one attached hydrogen (secondary N) is 2. The molecule has 1 atom stereocenters. The minimum Gasteiger partial charge on any atom is -0.475 e. The first kappa shape index (κ1) is 36.3. The molecular weight excluding hydrogens is 670 g/mol. The van der Waals surface area contributed by atoms with Gasteiger partial charge in [-0.15, -0.1) is 0 Å². The van der Waals surface area contributed by atoms with Gasteiger partial charge in [0.2, 0.25) is 0 Å². The van der Waals surface area contributed by atoms with Crippen molar-refractivity contribution in [3.63, 3.8) is 0 Å². The van der Waals surface area contributed by atoms with Crippen LogP contribution in [-0.4, -0.2) is 104 Å². The van der Waals surface area contributed by atoms with Gasteiger partial charge in [-0.3, -0.25) is 4.98 Å². The average Bonchev–Trinajstić information content (AvgIpc) is 3.51. The van der Waals surface area contributed by atoms with Gasteiger partial charge < -0.3 is 35.1 Å². The van der Waals surface area contributed by atoms with Crippen LogP contribution in [0, 0.1) is 0 Å². The number of aromatic nitrogens is 5. The van der Waals surface area contributed by atoms with Gasteiger partial charge in [0.05, 0.1) is 35.7 Å². The molecule has 4 N–H and O–H groups in total. The number of carboxylic acids is 2. The summed E-state index contributed by atoms with van der Waals surface area (Å²) in [7, 11) is 1.40. The fraction of sp³-hybridized carbons (Fsp3) is 0.346. The van der Waals surface area contributed by atoms with Crippen LogP contribution in [0.3, 0.4) is 0 Å². The first-order chi connectivity index (χ1) is 21.9. The Morgan fingerprint density at radius 2 is 1.60 bits per heavy atom. The number of halogens is 7. The molecule has 0 saturated carbocycles. The average molecular weight is 695 g/mol. The zero-order chi connectivity index (χ0) is 35.1. The highest BCUT2D eigenvalue weighted by molar-refractivity contribution is 6.36. The molecule has 1 aromatic carbocycles. The van der Waals surface area contributed by atoms with E-state index in [9.17, 15) is 31.1 Å². The van der Waals surface area contributed by atoms with E-state index in [2.05, 4.69) is 42.1 Å². The second-order valence-corrected chi connectivity index (χ2v) is 9.84. The van der Waals surface area contributed by atoms with Crippen molar-refractivity contribution in [1.82, 2.24) is 29.8 Å². The lowest BCUT2D eigenvalue weighted by Gasteiger charge is -2.37. The third-order valence-electron chi connectivity index (χ3n) is 6.40. The quantitative estimate of drug-likeness (QED) is 0.212. The molecule has 1 aliphatic heterocycles. The van der Waals surface area contributed by atoms with Gasteiger partial charge in [0.1, 0.15) is 11.8 Å². The van der Waals surface area contributed by atoms with E-state index in [0.29, 0.717) is 42.7 Å². The number of alkyl halides is 6. The monoisotopic (exact) mass is 694 g/mol. The molecule has 14 nitrogen and oxygen atoms in total. The summed E-state index contributed by atoms with van der Waals surface area (Å²) in [6.45, 7) is 4.48. The predicted octanol–water partition coefficient (Wildman–Crippen LogP) is 4.88. The van der Waals surface area contributed by atoms with E-state index in [4.69, 9.17) is 36.1 Å². The second-order valence-electron chi connectivity index (χ2n) is 9.44. The molecule has 4 heterocycles. The SMILES string of the molecule is COC(=O)N1CCN(c2c(C(C)Nc3ncnc4nc[nH]c34)cc(Cl)c3cccnc23)CC1.O=C(O)C(F)(F)F.O=C(O)C(F)(F)F. The molecule has 0 bridgehead atoms. The van der Waals surface area contributed by atoms with Gasteiger partial charge in [0.15, 0.2) is 11.5 Å². The third-order valence-corrected chi connectivity index (χ3v) is 6.71. The molecule has 1 saturated heterocycles. The summed E-state index contributed by atoms with van der Waals surface area (Å²) >= 11 is 6.68. The minimum atomic E-state index is -5.08. The van der Waals surface area contributed by atoms with Gasteiger partial charge in [0, 0.05) is 43.3 Å². The highest BCUT2D eigenvalue weighted by Gasteiger charge is 2.39. The van der Waals surface area contributed by atoms with Gasteiger partial charge in [-0.25, -0.2) is 29.3 Å². The number of imidazole rings is 1. The molecule has 0 aliphatic carbocycles. The molecule has 47 heavy (non-hydrogen) atoms. The largest absolute Gasteiger partial charge is 0.490 e. The van der Waals surface area contributed by atoms with Crippen molar-refractivity contribution < 1.29 is 55.7 Å². The Kier molecular flexibility index (Phi) is 11.6. The van der Waals surface area contributed by atoms with Crippen LogP contribution in [-0.2, 0) is 14.3 Å². The lowest BCUT2D eigenvalue weighted by molar-refractivity contribution is -0.193. The van der Waals surface area contributed by atoms with E-state index >= 15 is 0 Å². The van der Waals surface area contributed by atoms with E-state index < -0.39 is 24.3 Å². The molecule has 3 aromatic heterocycles. The maximum absolute atomic E-state index is 12.0. The van der Waals surface area contributed by atoms with Crippen LogP contribution < -0.4 is 10.2 Å². The number of methoxy groups -OCH3 is 1. The molecule has 5 rings (SSSR count). The number of fused-ring (bicyclic) bond motifs is 2. The van der Waals surface area contributed by atoms with Crippen LogP contribution in [0.2, 0.25) is 5.02 Å². The summed E-state index contributed by atoms with van der Waals surface area (Å²) in [5, 5.41) is 19.2. The van der Waals surface area contributed by atoms with Crippen molar-refractivity contribution >= 4 is 63.2 Å². The number of carboxylic acid groups (broad SMARTS) is 2. The van der Waals surface area contributed by atoms with Crippen molar-refractivity contribution in [3.8, 4) is 0 Å². The lowest BCUT2D eigenvalue weighted by atomic mass is 10.0. The van der Waals surface area contributed by atoms with E-state index in [-0.39, 0.29) is 12.1 Å². The fourth-order valence-corrected chi connectivity index (χ4v) is 4.54. The Hall–Kier alpha value is -5.14. The minimum absolute atomic E-state index is 0.149. The number of ether oxygens (including phenoxy) is 1. The maximum atomic E-state index is 12.0. The van der Waals surface area contributed by atoms with Crippen LogP contribution in [0.5, 0.6) is 0 Å². The Morgan fingerprint density at radius 3 is 2.15 bits per heavy atom. The van der Waals surface area contributed by atoms with Crippen molar-refractivity contribution in [2.24, 2.45) is 0 Å². The number of nitrogens with zero attached hydrogens (tertiary/aromatic N) is 6. The standard InChI is InChI=1S/C22H23ClN8O2.2C2HF3O2/c1-13(29-21-18-20(26-11-25-18)27-12-28-21)15-10-16(23)14-4-3-5-24-17(14)19(15)30-6-8-31(9-7-30)22(32)33-2;2*3-2(4,5)1(6)7/h3-5,10-13H,6-9H2,1-2H3,(H2,25,26,27,28,29);2*(H,6,7). The smallest absolute Gasteiger partial charge is 0.475 e. The summed E-state index contributed by atoms with van der Waals surface area (Å²) in [4.78, 5) is 54.3. The molecule has 0 radical (unpaired) electrons. The summed E-state index contributed by atoms with van der Waals surface area (Å²) in [6.07, 6.45) is -5.62. The molecule has 21 heteroatoms. The third kappa shape index (κ3) is 9.21. The number of anilines is 2. The highest BCUT2D eigenvalue weighted by atomic mass is 35.5. The molecule has 1 fully saturated rings. The molecule has 0 spiro atoms. The van der Waals surface area contributed by atoms with Gasteiger partial charge >= 0.3 is 30.4 Å². The Bertz CT molecular complexity index is 1710. The van der Waals surface area contributed by atoms with E-state index in [1.807, 2.05) is 18.2 Å². The number of benzene rings is 1. The van der Waals surface area contributed by atoms with Crippen LogP contribution in [0.15, 0.2) is 37.1 Å². The van der Waals surface area contributed by atoms with E-state index in [1.54, 1.807) is 17.4 Å².